The lowest BCUT2D eigenvalue weighted by molar-refractivity contribution is -0.138. The lowest BCUT2D eigenvalue weighted by Crippen LogP contribution is -2.53. The first-order valence-electron chi connectivity index (χ1n) is 14.4. The van der Waals surface area contributed by atoms with E-state index < -0.39 is 46.5 Å². The molecular weight excluding hydrogens is 562 g/mol. The van der Waals surface area contributed by atoms with Gasteiger partial charge in [-0.1, -0.05) is 60.2 Å². The molecular formula is C33H31N5O6. The van der Waals surface area contributed by atoms with Gasteiger partial charge >= 0.3 is 11.4 Å². The van der Waals surface area contributed by atoms with Crippen molar-refractivity contribution >= 4 is 17.5 Å². The molecule has 3 aliphatic rings. The van der Waals surface area contributed by atoms with Crippen LogP contribution in [0.4, 0.5) is 5.69 Å². The van der Waals surface area contributed by atoms with Gasteiger partial charge in [0.25, 0.3) is 11.8 Å². The third-order valence-electron chi connectivity index (χ3n) is 9.40. The summed E-state index contributed by atoms with van der Waals surface area (Å²) in [6.45, 7) is 2.04. The van der Waals surface area contributed by atoms with Crippen LogP contribution in [0.1, 0.15) is 35.1 Å². The number of imide groups is 1. The number of methoxy groups -OCH3 is 1. The molecule has 4 atom stereocenters. The van der Waals surface area contributed by atoms with Gasteiger partial charge in [0.05, 0.1) is 36.7 Å². The second-order valence-electron chi connectivity index (χ2n) is 11.6. The number of phenols is 1. The molecule has 11 nitrogen and oxygen atoms in total. The summed E-state index contributed by atoms with van der Waals surface area (Å²) in [4.78, 5) is 55.9. The van der Waals surface area contributed by atoms with E-state index in [1.807, 2.05) is 55.5 Å². The number of nitrogens with one attached hydrogen (secondary N) is 1. The van der Waals surface area contributed by atoms with Crippen LogP contribution in [0.5, 0.6) is 11.5 Å². The standard InChI is InChI=1S/C33H31N5O6/c1-19-9-11-21(12-10-19)34-37-29(40)25-18-26-23(15-16-36-31(42)35(2)32(43)38(26)36)28(24-14-13-22(44-3)17-27(24)39)33(25,30(37)41)20-7-5-4-6-8-20/h4-15,17,25-26,28,34,39H,16,18H2,1-3H3. The number of aryl methyl sites for hydroxylation is 1. The fourth-order valence-electron chi connectivity index (χ4n) is 7.36. The molecule has 1 aromatic heterocycles. The Labute approximate surface area is 252 Å². The number of benzene rings is 3. The molecule has 224 valence electrons. The molecule has 1 saturated heterocycles. The summed E-state index contributed by atoms with van der Waals surface area (Å²) >= 11 is 0. The zero-order chi connectivity index (χ0) is 30.9. The van der Waals surface area contributed by atoms with Crippen LogP contribution in [0.2, 0.25) is 0 Å². The number of allylic oxidation sites excluding steroid dienone is 2. The van der Waals surface area contributed by atoms with Crippen molar-refractivity contribution in [2.75, 3.05) is 12.5 Å². The molecule has 2 fully saturated rings. The number of aromatic nitrogens is 3. The highest BCUT2D eigenvalue weighted by molar-refractivity contribution is 6.12. The van der Waals surface area contributed by atoms with E-state index in [1.165, 1.54) is 29.6 Å². The molecule has 1 saturated carbocycles. The van der Waals surface area contributed by atoms with Crippen LogP contribution in [0.25, 0.3) is 0 Å². The summed E-state index contributed by atoms with van der Waals surface area (Å²) in [6, 6.07) is 20.7. The molecule has 0 spiro atoms. The van der Waals surface area contributed by atoms with Crippen molar-refractivity contribution in [2.24, 2.45) is 13.0 Å². The van der Waals surface area contributed by atoms with Gasteiger partial charge in [0.2, 0.25) is 0 Å². The van der Waals surface area contributed by atoms with Crippen molar-refractivity contribution in [3.05, 3.63) is 122 Å². The van der Waals surface area contributed by atoms with Gasteiger partial charge in [-0.05, 0) is 42.7 Å². The van der Waals surface area contributed by atoms with Gasteiger partial charge in [0, 0.05) is 24.6 Å². The molecule has 0 radical (unpaired) electrons. The summed E-state index contributed by atoms with van der Waals surface area (Å²) < 4.78 is 9.15. The average Bonchev–Trinajstić information content (AvgIpc) is 3.39. The summed E-state index contributed by atoms with van der Waals surface area (Å²) in [6.07, 6.45) is 1.95. The minimum absolute atomic E-state index is 0.0914. The van der Waals surface area contributed by atoms with E-state index in [0.29, 0.717) is 28.1 Å². The van der Waals surface area contributed by atoms with Crippen molar-refractivity contribution in [1.82, 2.24) is 18.9 Å². The van der Waals surface area contributed by atoms with Crippen molar-refractivity contribution in [2.45, 2.75) is 37.3 Å². The maximum atomic E-state index is 15.0. The predicted octanol–water partition coefficient (Wildman–Crippen LogP) is 2.99. The zero-order valence-electron chi connectivity index (χ0n) is 24.4. The van der Waals surface area contributed by atoms with E-state index in [2.05, 4.69) is 5.43 Å². The third-order valence-corrected chi connectivity index (χ3v) is 9.40. The number of hydrogen-bond donors (Lipinski definition) is 2. The highest BCUT2D eigenvalue weighted by atomic mass is 16.5. The summed E-state index contributed by atoms with van der Waals surface area (Å²) in [7, 11) is 2.91. The van der Waals surface area contributed by atoms with E-state index >= 15 is 0 Å². The molecule has 1 aliphatic carbocycles. The van der Waals surface area contributed by atoms with E-state index in [0.717, 1.165) is 15.1 Å². The maximum Gasteiger partial charge on any atom is 0.347 e. The Kier molecular flexibility index (Phi) is 6.17. The molecule has 3 heterocycles. The molecule has 4 aromatic rings. The number of rotatable bonds is 5. The molecule has 11 heteroatoms. The van der Waals surface area contributed by atoms with Crippen LogP contribution < -0.4 is 21.5 Å². The van der Waals surface area contributed by atoms with Crippen LogP contribution in [0.15, 0.2) is 94.0 Å². The van der Waals surface area contributed by atoms with Crippen LogP contribution in [0.3, 0.4) is 0 Å². The Morgan fingerprint density at radius 2 is 1.68 bits per heavy atom. The number of amides is 2. The number of carbonyl (C=O) groups is 2. The Morgan fingerprint density at radius 3 is 2.36 bits per heavy atom. The fourth-order valence-corrected chi connectivity index (χ4v) is 7.36. The average molecular weight is 594 g/mol. The van der Waals surface area contributed by atoms with Gasteiger partial charge in [-0.3, -0.25) is 15.0 Å². The summed E-state index contributed by atoms with van der Waals surface area (Å²) in [5, 5.41) is 12.5. The van der Waals surface area contributed by atoms with Crippen molar-refractivity contribution in [3.8, 4) is 11.5 Å². The van der Waals surface area contributed by atoms with Crippen molar-refractivity contribution < 1.29 is 19.4 Å². The van der Waals surface area contributed by atoms with E-state index in [9.17, 15) is 24.3 Å². The monoisotopic (exact) mass is 593 g/mol. The molecule has 0 bridgehead atoms. The molecule has 44 heavy (non-hydrogen) atoms. The van der Waals surface area contributed by atoms with Gasteiger partial charge in [-0.25, -0.2) is 23.5 Å². The third kappa shape index (κ3) is 3.68. The van der Waals surface area contributed by atoms with Crippen LogP contribution >= 0.6 is 0 Å². The first kappa shape index (κ1) is 27.5. The molecule has 7 rings (SSSR count). The second-order valence-corrected chi connectivity index (χ2v) is 11.6. The minimum atomic E-state index is -1.48. The van der Waals surface area contributed by atoms with Crippen LogP contribution in [0, 0.1) is 12.8 Å². The van der Waals surface area contributed by atoms with Gasteiger partial charge < -0.3 is 9.84 Å². The number of phenolic OH excluding ortho intramolecular Hbond substituents is 1. The van der Waals surface area contributed by atoms with Gasteiger partial charge in [0.15, 0.2) is 0 Å². The normalized spacial score (nSPS) is 23.9. The first-order valence-corrected chi connectivity index (χ1v) is 14.4. The van der Waals surface area contributed by atoms with Crippen LogP contribution in [-0.2, 0) is 28.6 Å². The van der Waals surface area contributed by atoms with Crippen LogP contribution in [-0.4, -0.2) is 43.0 Å². The number of ether oxygens (including phenoxy) is 1. The molecule has 4 unspecified atom stereocenters. The largest absolute Gasteiger partial charge is 0.508 e. The maximum absolute atomic E-state index is 15.0. The highest BCUT2D eigenvalue weighted by Gasteiger charge is 2.69. The molecule has 2 aliphatic heterocycles. The second kappa shape index (κ2) is 9.87. The Bertz CT molecular complexity index is 1970. The Morgan fingerprint density at radius 1 is 0.955 bits per heavy atom. The highest BCUT2D eigenvalue weighted by Crippen LogP contribution is 2.62. The summed E-state index contributed by atoms with van der Waals surface area (Å²) in [5.74, 6) is -2.43. The Balaban J connectivity index is 1.51. The predicted molar refractivity (Wildman–Crippen MR) is 161 cm³/mol. The fraction of sp³-hybridized carbons (Fsp3) is 0.273. The number of hydrogen-bond acceptors (Lipinski definition) is 7. The van der Waals surface area contributed by atoms with E-state index in [1.54, 1.807) is 24.3 Å². The number of carbonyl (C=O) groups excluding carboxylic acids is 2. The Hall–Kier alpha value is -5.32. The number of aromatic hydroxyl groups is 1. The zero-order valence-corrected chi connectivity index (χ0v) is 24.4. The quantitative estimate of drug-likeness (QED) is 0.269. The van der Waals surface area contributed by atoms with E-state index in [-0.39, 0.29) is 18.7 Å². The summed E-state index contributed by atoms with van der Waals surface area (Å²) in [5.41, 5.74) is 3.88. The SMILES string of the molecule is COc1ccc(C2C3=CCn4c(=O)n(C)c(=O)n4C3CC3C(=O)N(Nc4ccc(C)cc4)C(=O)C32c2ccccc2)c(O)c1. The first-order chi connectivity index (χ1) is 21.2. The van der Waals surface area contributed by atoms with Gasteiger partial charge in [0.1, 0.15) is 11.5 Å². The lowest BCUT2D eigenvalue weighted by atomic mass is 9.53. The van der Waals surface area contributed by atoms with Crippen molar-refractivity contribution in [1.29, 1.82) is 0 Å². The number of anilines is 1. The topological polar surface area (TPSA) is 128 Å². The molecule has 2 N–H and O–H groups in total. The van der Waals surface area contributed by atoms with Crippen molar-refractivity contribution in [3.63, 3.8) is 0 Å². The molecule has 3 aromatic carbocycles. The molecule has 2 amide bonds. The van der Waals surface area contributed by atoms with E-state index in [4.69, 9.17) is 4.74 Å². The number of nitrogens with zero attached hydrogens (tertiary/aromatic N) is 4. The smallest absolute Gasteiger partial charge is 0.347 e. The number of fused-ring (bicyclic) bond motifs is 4. The number of hydrazine groups is 1. The van der Waals surface area contributed by atoms with Gasteiger partial charge in [-0.15, -0.1) is 0 Å². The van der Waals surface area contributed by atoms with Gasteiger partial charge in [-0.2, -0.15) is 5.01 Å². The minimum Gasteiger partial charge on any atom is -0.508 e. The lowest BCUT2D eigenvalue weighted by Gasteiger charge is -2.49.